The molecule has 2 rings (SSSR count). The van der Waals surface area contributed by atoms with Gasteiger partial charge in [0.05, 0.1) is 0 Å². The van der Waals surface area contributed by atoms with Gasteiger partial charge in [-0.2, -0.15) is 12.2 Å². The molecule has 0 saturated carbocycles. The molecule has 78 valence electrons. The van der Waals surface area contributed by atoms with E-state index in [0.29, 0.717) is 5.82 Å². The van der Waals surface area contributed by atoms with E-state index in [-0.39, 0.29) is 52.9 Å². The van der Waals surface area contributed by atoms with Gasteiger partial charge in [-0.3, -0.25) is 9.59 Å². The zero-order valence-corrected chi connectivity index (χ0v) is 11.4. The Balaban J connectivity index is 0. The minimum absolute atomic E-state index is 0. The van der Waals surface area contributed by atoms with E-state index >= 15 is 0 Å². The minimum Gasteiger partial charge on any atom is -1.00 e. The van der Waals surface area contributed by atoms with Crippen LogP contribution in [-0.2, 0) is 18.9 Å². The van der Waals surface area contributed by atoms with Gasteiger partial charge < -0.3 is 39.1 Å². The largest absolute Gasteiger partial charge is 2.00 e. The van der Waals surface area contributed by atoms with E-state index in [1.807, 2.05) is 0 Å². The third-order valence-corrected chi connectivity index (χ3v) is 2.09. The first-order valence-electron chi connectivity index (χ1n) is 3.86. The van der Waals surface area contributed by atoms with Crippen LogP contribution < -0.4 is 17.0 Å². The number of hydrogen-bond donors (Lipinski definition) is 0. The Morgan fingerprint density at radius 1 is 1.25 bits per heavy atom. The van der Waals surface area contributed by atoms with Crippen molar-refractivity contribution in [2.45, 2.75) is 12.8 Å². The molecule has 0 spiro atoms. The van der Waals surface area contributed by atoms with Crippen LogP contribution in [-0.4, -0.2) is 41.5 Å². The summed E-state index contributed by atoms with van der Waals surface area (Å²) in [7, 11) is 0. The average molecular weight is 293 g/mol. The Morgan fingerprint density at radius 3 is 1.88 bits per heavy atom. The fourth-order valence-corrected chi connectivity index (χ4v) is 1.53. The zero-order chi connectivity index (χ0) is 10.8. The summed E-state index contributed by atoms with van der Waals surface area (Å²) in [6, 6.07) is 0. The van der Waals surface area contributed by atoms with E-state index in [1.54, 1.807) is 0 Å². The summed E-state index contributed by atoms with van der Waals surface area (Å²) in [6.07, 6.45) is 14.4. The Bertz CT molecular complexity index is 329. The predicted octanol–water partition coefficient (Wildman–Crippen LogP) is -3.56. The molecule has 0 unspecified atom stereocenters. The van der Waals surface area contributed by atoms with E-state index in [2.05, 4.69) is 12.2 Å². The standard InChI is InChI=1S/C7H5BO4.C2H.BrH.Mg/c1-2-8-5(3-6(9)11-8)4-7(10)12-8;1-2;;/h1H,3-4H2;1H;1H;/q;-1;;+2/p-1. The van der Waals surface area contributed by atoms with Gasteiger partial charge in [-0.1, -0.05) is 0 Å². The summed E-state index contributed by atoms with van der Waals surface area (Å²) in [5.41, 5.74) is 0. The Labute approximate surface area is 121 Å². The monoisotopic (exact) mass is 292 g/mol. The van der Waals surface area contributed by atoms with Crippen molar-refractivity contribution in [1.29, 1.82) is 0 Å². The number of halogens is 1. The molecule has 0 radical (unpaired) electrons. The number of hydrogen-bond acceptors (Lipinski definition) is 4. The normalized spacial score (nSPS) is 18.4. The molecular formula is C9H6BBrMgO4. The van der Waals surface area contributed by atoms with Gasteiger partial charge in [0.1, 0.15) is 12.8 Å². The molecule has 0 aromatic rings. The predicted molar refractivity (Wildman–Crippen MR) is 53.2 cm³/mol. The summed E-state index contributed by atoms with van der Waals surface area (Å²) in [5, 5.41) is 0. The summed E-state index contributed by atoms with van der Waals surface area (Å²) < 4.78 is 9.60. The van der Waals surface area contributed by atoms with Gasteiger partial charge in [-0.25, -0.2) is 0 Å². The second kappa shape index (κ2) is 6.74. The molecule has 2 heterocycles. The van der Waals surface area contributed by atoms with Crippen molar-refractivity contribution in [3.05, 3.63) is 12.2 Å². The van der Waals surface area contributed by atoms with Crippen LogP contribution in [0.3, 0.4) is 0 Å². The Morgan fingerprint density at radius 2 is 1.62 bits per heavy atom. The molecule has 0 N–H and O–H groups in total. The topological polar surface area (TPSA) is 52.6 Å². The van der Waals surface area contributed by atoms with Crippen LogP contribution in [0.1, 0.15) is 12.8 Å². The second-order valence-electron chi connectivity index (χ2n) is 2.87. The quantitative estimate of drug-likeness (QED) is 0.263. The molecule has 0 bridgehead atoms. The maximum Gasteiger partial charge on any atom is 2.00 e. The number of carbonyl (C=O) groups excluding carboxylic acids is 2. The van der Waals surface area contributed by atoms with Crippen molar-refractivity contribution in [1.82, 2.24) is 0 Å². The second-order valence-corrected chi connectivity index (χ2v) is 2.87. The molecule has 0 aliphatic carbocycles. The number of terminal acetylenes is 2. The Kier molecular flexibility index (Phi) is 7.43. The molecule has 2 saturated heterocycles. The molecule has 2 aliphatic heterocycles. The van der Waals surface area contributed by atoms with Gasteiger partial charge in [0, 0.05) is 5.82 Å². The third kappa shape index (κ3) is 2.88. The van der Waals surface area contributed by atoms with E-state index in [1.165, 1.54) is 0 Å². The van der Waals surface area contributed by atoms with Crippen LogP contribution in [0.2, 0.25) is 0 Å². The van der Waals surface area contributed by atoms with Crippen molar-refractivity contribution in [2.24, 2.45) is 0 Å². The molecule has 16 heavy (non-hydrogen) atoms. The molecule has 4 nitrogen and oxygen atoms in total. The van der Waals surface area contributed by atoms with Gasteiger partial charge in [0.2, 0.25) is 0 Å². The molecule has 0 aromatic carbocycles. The summed E-state index contributed by atoms with van der Waals surface area (Å²) in [5.74, 6) is 2.03. The SMILES string of the molecule is C#C[B-]12OC(=O)C[C+]1CC(=O)O2.[Br-].[C-]#C.[Mg+2]. The molecule has 0 atom stereocenters. The smallest absolute Gasteiger partial charge is 1.00 e. The molecular weight excluding hydrogens is 287 g/mol. The van der Waals surface area contributed by atoms with Crippen LogP contribution in [0.25, 0.3) is 0 Å². The zero-order valence-electron chi connectivity index (χ0n) is 8.36. The van der Waals surface area contributed by atoms with Crippen LogP contribution >= 0.6 is 0 Å². The van der Waals surface area contributed by atoms with E-state index in [0.717, 1.165) is 0 Å². The summed E-state index contributed by atoms with van der Waals surface area (Å²) in [4.78, 5) is 21.6. The number of carbonyl (C=O) groups is 2. The maximum absolute atomic E-state index is 10.8. The van der Waals surface area contributed by atoms with E-state index in [9.17, 15) is 9.59 Å². The molecule has 0 aromatic heterocycles. The summed E-state index contributed by atoms with van der Waals surface area (Å²) in [6.45, 7) is -2.13. The van der Waals surface area contributed by atoms with Crippen LogP contribution in [0.4, 0.5) is 0 Å². The molecule has 2 aliphatic rings. The first-order valence-corrected chi connectivity index (χ1v) is 3.86. The fraction of sp³-hybridized carbons (Fsp3) is 0.222. The van der Waals surface area contributed by atoms with Gasteiger partial charge >= 0.3 is 41.5 Å². The third-order valence-electron chi connectivity index (χ3n) is 2.09. The Hall–Kier alpha value is -0.759. The van der Waals surface area contributed by atoms with Gasteiger partial charge in [0.15, 0.2) is 0 Å². The molecule has 7 heteroatoms. The summed E-state index contributed by atoms with van der Waals surface area (Å²) >= 11 is 0. The number of rotatable bonds is 0. The van der Waals surface area contributed by atoms with E-state index < -0.39 is 18.5 Å². The van der Waals surface area contributed by atoms with Gasteiger partial charge in [0.25, 0.3) is 0 Å². The molecule has 2 fully saturated rings. The van der Waals surface area contributed by atoms with Crippen molar-refractivity contribution in [2.75, 3.05) is 0 Å². The molecule has 0 amide bonds. The first kappa shape index (κ1) is 17.6. The van der Waals surface area contributed by atoms with E-state index in [4.69, 9.17) is 22.2 Å². The fourth-order valence-electron chi connectivity index (χ4n) is 1.53. The minimum atomic E-state index is -2.13. The van der Waals surface area contributed by atoms with Crippen LogP contribution in [0, 0.1) is 30.9 Å². The van der Waals surface area contributed by atoms with Crippen molar-refractivity contribution >= 4 is 41.5 Å². The average Bonchev–Trinajstić information content (AvgIpc) is 2.60. The van der Waals surface area contributed by atoms with Gasteiger partial charge in [-0.05, 0) is 0 Å². The van der Waals surface area contributed by atoms with Crippen molar-refractivity contribution in [3.8, 4) is 18.7 Å². The van der Waals surface area contributed by atoms with Crippen LogP contribution in [0.15, 0.2) is 0 Å². The first-order chi connectivity index (χ1) is 6.66. The van der Waals surface area contributed by atoms with Crippen LogP contribution in [0.5, 0.6) is 0 Å². The van der Waals surface area contributed by atoms with Gasteiger partial charge in [-0.15, -0.1) is 0 Å². The van der Waals surface area contributed by atoms with Crippen molar-refractivity contribution < 1.29 is 35.9 Å². The number of fused-ring (bicyclic) bond motifs is 1. The van der Waals surface area contributed by atoms with Crippen molar-refractivity contribution in [3.63, 3.8) is 0 Å². The maximum atomic E-state index is 10.8.